The Morgan fingerprint density at radius 3 is 2.09 bits per heavy atom. The average molecular weight is 293 g/mol. The molecule has 22 heavy (non-hydrogen) atoms. The zero-order valence-electron chi connectivity index (χ0n) is 13.5. The van der Waals surface area contributed by atoms with Crippen molar-refractivity contribution in [2.24, 2.45) is 0 Å². The van der Waals surface area contributed by atoms with Gasteiger partial charge >= 0.3 is 0 Å². The lowest BCUT2D eigenvalue weighted by atomic mass is 9.76. The molecule has 1 heterocycles. The van der Waals surface area contributed by atoms with Gasteiger partial charge in [-0.05, 0) is 23.1 Å². The molecule has 0 spiro atoms. The van der Waals surface area contributed by atoms with Crippen LogP contribution in [0.5, 0.6) is 0 Å². The monoisotopic (exact) mass is 293 g/mol. The van der Waals surface area contributed by atoms with Crippen molar-refractivity contribution in [3.63, 3.8) is 0 Å². The van der Waals surface area contributed by atoms with E-state index >= 15 is 0 Å². The van der Waals surface area contributed by atoms with E-state index in [2.05, 4.69) is 62.4 Å². The molecule has 1 saturated heterocycles. The van der Waals surface area contributed by atoms with Crippen LogP contribution in [0.2, 0.25) is 0 Å². The minimum absolute atomic E-state index is 0.0316. The number of likely N-dealkylation sites (tertiary alicyclic amines) is 1. The van der Waals surface area contributed by atoms with E-state index in [4.69, 9.17) is 0 Å². The molecule has 2 nitrogen and oxygen atoms in total. The third-order valence-corrected chi connectivity index (χ3v) is 5.06. The molecule has 1 fully saturated rings. The average Bonchev–Trinajstić information content (AvgIpc) is 2.88. The second-order valence-corrected chi connectivity index (χ2v) is 6.72. The summed E-state index contributed by atoms with van der Waals surface area (Å²) in [5.74, 6) is 0.263. The summed E-state index contributed by atoms with van der Waals surface area (Å²) < 4.78 is 0. The maximum absolute atomic E-state index is 11.8. The second-order valence-electron chi connectivity index (χ2n) is 6.72. The smallest absolute Gasteiger partial charge is 0.222 e. The van der Waals surface area contributed by atoms with Crippen LogP contribution in [0, 0.1) is 0 Å². The zero-order valence-corrected chi connectivity index (χ0v) is 13.5. The molecule has 0 aliphatic carbocycles. The lowest BCUT2D eigenvalue weighted by Crippen LogP contribution is -2.43. The first-order valence-corrected chi connectivity index (χ1v) is 7.92. The summed E-state index contributed by atoms with van der Waals surface area (Å²) in [6.07, 6.45) is 1.62. The van der Waals surface area contributed by atoms with Gasteiger partial charge in [-0.1, -0.05) is 68.4 Å². The summed E-state index contributed by atoms with van der Waals surface area (Å²) in [5, 5.41) is 0. The molecule has 1 atom stereocenters. The number of hydrogen-bond donors (Lipinski definition) is 0. The van der Waals surface area contributed by atoms with Crippen LogP contribution < -0.4 is 0 Å². The number of nitrogens with zero attached hydrogens (tertiary/aromatic N) is 1. The molecule has 1 unspecified atom stereocenters. The van der Waals surface area contributed by atoms with Gasteiger partial charge in [-0.25, -0.2) is 0 Å². The van der Waals surface area contributed by atoms with Crippen molar-refractivity contribution < 1.29 is 4.79 Å². The predicted octanol–water partition coefficient (Wildman–Crippen LogP) is 4.25. The molecule has 2 aromatic rings. The second kappa shape index (κ2) is 5.60. The predicted molar refractivity (Wildman–Crippen MR) is 90.7 cm³/mol. The van der Waals surface area contributed by atoms with Crippen LogP contribution >= 0.6 is 0 Å². The summed E-state index contributed by atoms with van der Waals surface area (Å²) in [4.78, 5) is 13.7. The first-order valence-electron chi connectivity index (χ1n) is 7.92. The first kappa shape index (κ1) is 14.8. The Labute approximate surface area is 132 Å². The van der Waals surface area contributed by atoms with Gasteiger partial charge in [0, 0.05) is 24.9 Å². The molecule has 1 aliphatic rings. The van der Waals surface area contributed by atoms with Crippen LogP contribution in [-0.2, 0) is 10.2 Å². The lowest BCUT2D eigenvalue weighted by molar-refractivity contribution is -0.128. The van der Waals surface area contributed by atoms with Gasteiger partial charge < -0.3 is 4.90 Å². The molecule has 1 aliphatic heterocycles. The fourth-order valence-corrected chi connectivity index (χ4v) is 3.56. The van der Waals surface area contributed by atoms with Crippen molar-refractivity contribution in [2.45, 2.75) is 38.1 Å². The number of rotatable bonds is 3. The fraction of sp³-hybridized carbons (Fsp3) is 0.350. The number of likely N-dealkylation sites (N-methyl/N-ethyl adjacent to an activating group) is 1. The molecule has 0 bridgehead atoms. The highest BCUT2D eigenvalue weighted by molar-refractivity contribution is 5.78. The van der Waals surface area contributed by atoms with E-state index in [9.17, 15) is 4.79 Å². The first-order chi connectivity index (χ1) is 10.5. The lowest BCUT2D eigenvalue weighted by Gasteiger charge is -2.36. The molecule has 0 saturated carbocycles. The standard InChI is InChI=1S/C20H23NO/c1-20(2,18-13-14-19(22)21(18)3)17-11-9-16(10-12-17)15-7-5-4-6-8-15/h4-12,18H,13-14H2,1-3H3. The number of hydrogen-bond acceptors (Lipinski definition) is 1. The van der Waals surface area contributed by atoms with Crippen molar-refractivity contribution in [1.29, 1.82) is 0 Å². The highest BCUT2D eigenvalue weighted by Gasteiger charge is 2.40. The number of carbonyl (C=O) groups is 1. The summed E-state index contributed by atoms with van der Waals surface area (Å²) in [7, 11) is 1.93. The summed E-state index contributed by atoms with van der Waals surface area (Å²) in [6.45, 7) is 4.48. The molecule has 2 heteroatoms. The topological polar surface area (TPSA) is 20.3 Å². The van der Waals surface area contributed by atoms with Gasteiger partial charge in [0.15, 0.2) is 0 Å². The van der Waals surface area contributed by atoms with E-state index in [-0.39, 0.29) is 17.4 Å². The van der Waals surface area contributed by atoms with Gasteiger partial charge in [0.25, 0.3) is 0 Å². The molecular formula is C20H23NO. The number of amides is 1. The molecule has 2 aromatic carbocycles. The van der Waals surface area contributed by atoms with Gasteiger partial charge in [0.2, 0.25) is 5.91 Å². The Bertz CT molecular complexity index is 658. The molecule has 1 amide bonds. The molecule has 0 aromatic heterocycles. The Kier molecular flexibility index (Phi) is 3.78. The molecule has 0 radical (unpaired) electrons. The van der Waals surface area contributed by atoms with E-state index in [1.54, 1.807) is 0 Å². The largest absolute Gasteiger partial charge is 0.342 e. The summed E-state index contributed by atoms with van der Waals surface area (Å²) >= 11 is 0. The summed E-state index contributed by atoms with van der Waals surface area (Å²) in [6, 6.07) is 19.5. The van der Waals surface area contributed by atoms with Gasteiger partial charge in [-0.2, -0.15) is 0 Å². The van der Waals surface area contributed by atoms with E-state index in [1.807, 2.05) is 18.0 Å². The molecule has 3 rings (SSSR count). The zero-order chi connectivity index (χ0) is 15.7. The van der Waals surface area contributed by atoms with Crippen molar-refractivity contribution in [3.05, 3.63) is 60.2 Å². The Morgan fingerprint density at radius 1 is 0.955 bits per heavy atom. The normalized spacial score (nSPS) is 18.8. The Morgan fingerprint density at radius 2 is 1.55 bits per heavy atom. The Balaban J connectivity index is 1.87. The SMILES string of the molecule is CN1C(=O)CCC1C(C)(C)c1ccc(-c2ccccc2)cc1. The number of carbonyl (C=O) groups excluding carboxylic acids is 1. The number of benzene rings is 2. The minimum atomic E-state index is -0.0316. The van der Waals surface area contributed by atoms with E-state index in [0.29, 0.717) is 6.42 Å². The van der Waals surface area contributed by atoms with Crippen molar-refractivity contribution >= 4 is 5.91 Å². The van der Waals surface area contributed by atoms with Crippen LogP contribution in [0.25, 0.3) is 11.1 Å². The van der Waals surface area contributed by atoms with Crippen LogP contribution in [0.1, 0.15) is 32.3 Å². The van der Waals surface area contributed by atoms with Crippen LogP contribution in [-0.4, -0.2) is 23.9 Å². The molecule has 0 N–H and O–H groups in total. The van der Waals surface area contributed by atoms with Crippen molar-refractivity contribution in [1.82, 2.24) is 4.90 Å². The van der Waals surface area contributed by atoms with E-state index < -0.39 is 0 Å². The van der Waals surface area contributed by atoms with Gasteiger partial charge in [0.05, 0.1) is 0 Å². The van der Waals surface area contributed by atoms with Gasteiger partial charge in [0.1, 0.15) is 0 Å². The summed E-state index contributed by atoms with van der Waals surface area (Å²) in [5.41, 5.74) is 3.73. The van der Waals surface area contributed by atoms with E-state index in [1.165, 1.54) is 16.7 Å². The maximum Gasteiger partial charge on any atom is 0.222 e. The third kappa shape index (κ3) is 2.54. The fourth-order valence-electron chi connectivity index (χ4n) is 3.56. The highest BCUT2D eigenvalue weighted by Crippen LogP contribution is 2.36. The highest BCUT2D eigenvalue weighted by atomic mass is 16.2. The van der Waals surface area contributed by atoms with Crippen LogP contribution in [0.3, 0.4) is 0 Å². The van der Waals surface area contributed by atoms with Gasteiger partial charge in [-0.3, -0.25) is 4.79 Å². The molecule has 114 valence electrons. The van der Waals surface area contributed by atoms with Crippen LogP contribution in [0.4, 0.5) is 0 Å². The quantitative estimate of drug-likeness (QED) is 0.828. The van der Waals surface area contributed by atoms with Crippen LogP contribution in [0.15, 0.2) is 54.6 Å². The van der Waals surface area contributed by atoms with Crippen molar-refractivity contribution in [2.75, 3.05) is 7.05 Å². The maximum atomic E-state index is 11.8. The molecular weight excluding hydrogens is 270 g/mol. The van der Waals surface area contributed by atoms with Crippen molar-refractivity contribution in [3.8, 4) is 11.1 Å². The third-order valence-electron chi connectivity index (χ3n) is 5.06. The van der Waals surface area contributed by atoms with E-state index in [0.717, 1.165) is 6.42 Å². The Hall–Kier alpha value is -2.09. The van der Waals surface area contributed by atoms with Gasteiger partial charge in [-0.15, -0.1) is 0 Å². The minimum Gasteiger partial charge on any atom is -0.342 e.